The molecular formula is C17H26N2O3S. The van der Waals surface area contributed by atoms with Gasteiger partial charge in [-0.05, 0) is 37.6 Å². The number of nitrogens with zero attached hydrogens (tertiary/aromatic N) is 1. The molecule has 2 aliphatic rings. The molecule has 23 heavy (non-hydrogen) atoms. The maximum atomic E-state index is 9.71. The number of nitrogens with one attached hydrogen (secondary N) is 1. The Kier molecular flexibility index (Phi) is 5.69. The highest BCUT2D eigenvalue weighted by molar-refractivity contribution is 7.99. The molecule has 5 nitrogen and oxygen atoms in total. The van der Waals surface area contributed by atoms with Gasteiger partial charge in [-0.15, -0.1) is 11.8 Å². The van der Waals surface area contributed by atoms with E-state index >= 15 is 0 Å². The molecule has 0 aliphatic carbocycles. The van der Waals surface area contributed by atoms with Crippen molar-refractivity contribution in [2.45, 2.75) is 30.4 Å². The number of methoxy groups -OCH3 is 1. The van der Waals surface area contributed by atoms with Crippen molar-refractivity contribution in [2.75, 3.05) is 39.6 Å². The molecule has 1 aromatic rings. The van der Waals surface area contributed by atoms with Crippen molar-refractivity contribution < 1.29 is 14.6 Å². The summed E-state index contributed by atoms with van der Waals surface area (Å²) in [6, 6.07) is 6.04. The molecule has 128 valence electrons. The van der Waals surface area contributed by atoms with Crippen molar-refractivity contribution in [3.8, 4) is 11.5 Å². The Morgan fingerprint density at radius 1 is 1.43 bits per heavy atom. The summed E-state index contributed by atoms with van der Waals surface area (Å²) in [6.45, 7) is 2.96. The summed E-state index contributed by atoms with van der Waals surface area (Å²) < 4.78 is 10.9. The minimum absolute atomic E-state index is 0.187. The summed E-state index contributed by atoms with van der Waals surface area (Å²) in [4.78, 5) is 2.37. The Hall–Kier alpha value is -0.950. The van der Waals surface area contributed by atoms with Crippen molar-refractivity contribution in [2.24, 2.45) is 0 Å². The Balaban J connectivity index is 1.51. The van der Waals surface area contributed by atoms with E-state index in [-0.39, 0.29) is 11.1 Å². The zero-order valence-corrected chi connectivity index (χ0v) is 14.6. The number of likely N-dealkylation sites (N-methyl/N-ethyl adjacent to an activating group) is 1. The Labute approximate surface area is 142 Å². The molecule has 2 heterocycles. The number of phenols is 1. The molecule has 0 aromatic heterocycles. The first-order chi connectivity index (χ1) is 11.2. The number of phenolic OH excluding ortho intramolecular Hbond substituents is 1. The van der Waals surface area contributed by atoms with Crippen LogP contribution in [0.25, 0.3) is 0 Å². The van der Waals surface area contributed by atoms with Crippen molar-refractivity contribution in [3.63, 3.8) is 0 Å². The molecule has 6 heteroatoms. The Bertz CT molecular complexity index is 523. The van der Waals surface area contributed by atoms with Crippen LogP contribution in [0.4, 0.5) is 0 Å². The molecule has 0 radical (unpaired) electrons. The van der Waals surface area contributed by atoms with Gasteiger partial charge in [0.15, 0.2) is 11.5 Å². The van der Waals surface area contributed by atoms with Crippen LogP contribution < -0.4 is 10.1 Å². The minimum Gasteiger partial charge on any atom is -0.504 e. The second kappa shape index (κ2) is 7.75. The molecule has 3 unspecified atom stereocenters. The highest BCUT2D eigenvalue weighted by atomic mass is 32.2. The number of aromatic hydroxyl groups is 1. The molecule has 1 aromatic carbocycles. The second-order valence-corrected chi connectivity index (χ2v) is 7.50. The van der Waals surface area contributed by atoms with Crippen LogP contribution in [0.3, 0.4) is 0 Å². The van der Waals surface area contributed by atoms with Crippen molar-refractivity contribution in [1.29, 1.82) is 0 Å². The number of thioether (sulfide) groups is 1. The van der Waals surface area contributed by atoms with Crippen LogP contribution in [0, 0.1) is 0 Å². The van der Waals surface area contributed by atoms with Gasteiger partial charge in [0, 0.05) is 31.5 Å². The number of benzene rings is 1. The normalized spacial score (nSPS) is 27.7. The van der Waals surface area contributed by atoms with E-state index in [0.717, 1.165) is 31.0 Å². The third kappa shape index (κ3) is 4.32. The van der Waals surface area contributed by atoms with Gasteiger partial charge in [-0.2, -0.15) is 0 Å². The number of ether oxygens (including phenoxy) is 2. The van der Waals surface area contributed by atoms with Crippen LogP contribution in [0.5, 0.6) is 11.5 Å². The van der Waals surface area contributed by atoms with Gasteiger partial charge in [-0.25, -0.2) is 0 Å². The molecule has 2 saturated heterocycles. The van der Waals surface area contributed by atoms with E-state index < -0.39 is 0 Å². The fourth-order valence-corrected chi connectivity index (χ4v) is 4.52. The third-order valence-electron chi connectivity index (χ3n) is 4.43. The summed E-state index contributed by atoms with van der Waals surface area (Å²) in [5, 5.41) is 13.6. The first-order valence-electron chi connectivity index (χ1n) is 8.20. The molecule has 2 N–H and O–H groups in total. The zero-order chi connectivity index (χ0) is 16.2. The van der Waals surface area contributed by atoms with Crippen molar-refractivity contribution in [1.82, 2.24) is 10.2 Å². The van der Waals surface area contributed by atoms with Gasteiger partial charge < -0.3 is 19.5 Å². The first-order valence-corrected chi connectivity index (χ1v) is 9.25. The molecule has 0 amide bonds. The average molecular weight is 338 g/mol. The fraction of sp³-hybridized carbons (Fsp3) is 0.647. The lowest BCUT2D eigenvalue weighted by Gasteiger charge is -2.24. The number of rotatable bonds is 6. The maximum absolute atomic E-state index is 9.71. The highest BCUT2D eigenvalue weighted by Crippen LogP contribution is 2.37. The lowest BCUT2D eigenvalue weighted by atomic mass is 10.2. The van der Waals surface area contributed by atoms with Crippen LogP contribution in [-0.4, -0.2) is 61.8 Å². The molecule has 0 spiro atoms. The van der Waals surface area contributed by atoms with E-state index in [4.69, 9.17) is 9.47 Å². The molecule has 2 aliphatic heterocycles. The monoisotopic (exact) mass is 338 g/mol. The number of hydrogen-bond donors (Lipinski definition) is 2. The fourth-order valence-electron chi connectivity index (χ4n) is 3.26. The van der Waals surface area contributed by atoms with Crippen molar-refractivity contribution >= 4 is 11.8 Å². The second-order valence-electron chi connectivity index (χ2n) is 6.36. The first kappa shape index (κ1) is 16.9. The van der Waals surface area contributed by atoms with E-state index in [9.17, 15) is 5.11 Å². The van der Waals surface area contributed by atoms with Gasteiger partial charge in [-0.1, -0.05) is 6.07 Å². The van der Waals surface area contributed by atoms with Crippen molar-refractivity contribution in [3.05, 3.63) is 23.8 Å². The van der Waals surface area contributed by atoms with Crippen LogP contribution in [0.1, 0.15) is 23.8 Å². The summed E-state index contributed by atoms with van der Waals surface area (Å²) in [7, 11) is 3.75. The van der Waals surface area contributed by atoms with E-state index in [2.05, 4.69) is 17.3 Å². The topological polar surface area (TPSA) is 54.0 Å². The smallest absolute Gasteiger partial charge is 0.160 e. The quantitative estimate of drug-likeness (QED) is 0.829. The standard InChI is InChI=1S/C17H26N2O3S/c1-19(10-14-4-3-7-22-14)9-13-11-23-17(18-13)12-5-6-15(20)16(8-12)21-2/h5-6,8,13-14,17-18,20H,3-4,7,9-11H2,1-2H3. The van der Waals surface area contributed by atoms with Gasteiger partial charge in [0.05, 0.1) is 18.6 Å². The van der Waals surface area contributed by atoms with E-state index in [1.54, 1.807) is 13.2 Å². The van der Waals surface area contributed by atoms with Crippen LogP contribution in [-0.2, 0) is 4.74 Å². The van der Waals surface area contributed by atoms with E-state index in [0.29, 0.717) is 17.9 Å². The van der Waals surface area contributed by atoms with E-state index in [1.807, 2.05) is 23.9 Å². The molecule has 3 atom stereocenters. The van der Waals surface area contributed by atoms with Gasteiger partial charge in [-0.3, -0.25) is 5.32 Å². The molecule has 0 saturated carbocycles. The molecule has 3 rings (SSSR count). The molecular weight excluding hydrogens is 312 g/mol. The van der Waals surface area contributed by atoms with Gasteiger partial charge in [0.2, 0.25) is 0 Å². The van der Waals surface area contributed by atoms with E-state index in [1.165, 1.54) is 12.8 Å². The van der Waals surface area contributed by atoms with Crippen LogP contribution in [0.15, 0.2) is 18.2 Å². The van der Waals surface area contributed by atoms with Crippen LogP contribution in [0.2, 0.25) is 0 Å². The largest absolute Gasteiger partial charge is 0.504 e. The third-order valence-corrected chi connectivity index (χ3v) is 5.77. The van der Waals surface area contributed by atoms with Gasteiger partial charge in [0.1, 0.15) is 0 Å². The average Bonchev–Trinajstić information content (AvgIpc) is 3.19. The summed E-state index contributed by atoms with van der Waals surface area (Å²) in [5.41, 5.74) is 1.15. The molecule has 2 fully saturated rings. The van der Waals surface area contributed by atoms with Gasteiger partial charge >= 0.3 is 0 Å². The Morgan fingerprint density at radius 3 is 3.04 bits per heavy atom. The summed E-state index contributed by atoms with van der Waals surface area (Å²) in [6.07, 6.45) is 2.79. The lowest BCUT2D eigenvalue weighted by Crippen LogP contribution is -2.40. The molecule has 0 bridgehead atoms. The lowest BCUT2D eigenvalue weighted by molar-refractivity contribution is 0.0793. The predicted molar refractivity (Wildman–Crippen MR) is 93.3 cm³/mol. The zero-order valence-electron chi connectivity index (χ0n) is 13.8. The highest BCUT2D eigenvalue weighted by Gasteiger charge is 2.28. The van der Waals surface area contributed by atoms with Crippen LogP contribution >= 0.6 is 11.8 Å². The summed E-state index contributed by atoms with van der Waals surface area (Å²) in [5.74, 6) is 1.81. The Morgan fingerprint density at radius 2 is 2.30 bits per heavy atom. The maximum Gasteiger partial charge on any atom is 0.160 e. The SMILES string of the molecule is COc1cc(C2NC(CN(C)CC3CCCO3)CS2)ccc1O. The number of hydrogen-bond acceptors (Lipinski definition) is 6. The van der Waals surface area contributed by atoms with Gasteiger partial charge in [0.25, 0.3) is 0 Å². The minimum atomic E-state index is 0.187. The predicted octanol–water partition coefficient (Wildman–Crippen LogP) is 2.22. The summed E-state index contributed by atoms with van der Waals surface area (Å²) >= 11 is 1.91.